The summed E-state index contributed by atoms with van der Waals surface area (Å²) in [5.74, 6) is 3.47. The van der Waals surface area contributed by atoms with E-state index in [9.17, 15) is 0 Å². The Labute approximate surface area is 276 Å². The van der Waals surface area contributed by atoms with Gasteiger partial charge in [-0.1, -0.05) is 113 Å². The van der Waals surface area contributed by atoms with Crippen molar-refractivity contribution in [3.05, 3.63) is 47.6 Å². The van der Waals surface area contributed by atoms with Crippen molar-refractivity contribution in [3.8, 4) is 0 Å². The molecule has 3 fully saturated rings. The molecule has 0 aliphatic heterocycles. The largest absolute Gasteiger partial charge is 0.413 e. The average molecular weight is 641 g/mol. The van der Waals surface area contributed by atoms with Crippen LogP contribution in [0.4, 0.5) is 0 Å². The molecule has 2 nitrogen and oxygen atoms in total. The third-order valence-electron chi connectivity index (χ3n) is 13.2. The smallest absolute Gasteiger partial charge is 0.192 e. The minimum atomic E-state index is -1.96. The van der Waals surface area contributed by atoms with Crippen LogP contribution in [0.15, 0.2) is 47.6 Å². The Morgan fingerprint density at radius 1 is 0.864 bits per heavy atom. The normalized spacial score (nSPS) is 32.6. The fourth-order valence-corrected chi connectivity index (χ4v) is 10.3. The third kappa shape index (κ3) is 8.42. The number of hydrogen-bond acceptors (Lipinski definition) is 2. The van der Waals surface area contributed by atoms with Gasteiger partial charge in [-0.3, -0.25) is 0 Å². The van der Waals surface area contributed by atoms with Crippen LogP contribution in [0.3, 0.4) is 0 Å². The molecule has 7 atom stereocenters. The van der Waals surface area contributed by atoms with E-state index in [4.69, 9.17) is 15.4 Å². The molecule has 0 saturated heterocycles. The molecule has 0 spiro atoms. The maximum Gasteiger partial charge on any atom is 0.192 e. The summed E-state index contributed by atoms with van der Waals surface area (Å²) in [7, 11) is -3.88. The zero-order valence-electron chi connectivity index (χ0n) is 31.8. The van der Waals surface area contributed by atoms with Crippen LogP contribution in [-0.4, -0.2) is 28.8 Å². The highest BCUT2D eigenvalue weighted by molar-refractivity contribution is 6.74. The van der Waals surface area contributed by atoms with Crippen molar-refractivity contribution in [2.75, 3.05) is 0 Å². The van der Waals surface area contributed by atoms with E-state index in [-0.39, 0.29) is 22.3 Å². The molecule has 0 amide bonds. The molecule has 3 rings (SSSR count). The van der Waals surface area contributed by atoms with E-state index in [2.05, 4.69) is 127 Å². The van der Waals surface area contributed by atoms with Gasteiger partial charge in [-0.25, -0.2) is 0 Å². The van der Waals surface area contributed by atoms with Crippen LogP contribution in [0, 0.1) is 35.0 Å². The van der Waals surface area contributed by atoms with Gasteiger partial charge in [0.25, 0.3) is 0 Å². The van der Waals surface area contributed by atoms with Crippen molar-refractivity contribution in [1.29, 1.82) is 0 Å². The van der Waals surface area contributed by atoms with Crippen LogP contribution >= 0.6 is 0 Å². The van der Waals surface area contributed by atoms with Crippen LogP contribution in [0.25, 0.3) is 0 Å². The minimum Gasteiger partial charge on any atom is -0.413 e. The first-order valence-electron chi connectivity index (χ1n) is 18.1. The predicted molar refractivity (Wildman–Crippen MR) is 199 cm³/mol. The molecule has 4 heteroatoms. The van der Waals surface area contributed by atoms with Gasteiger partial charge in [0.15, 0.2) is 16.6 Å². The van der Waals surface area contributed by atoms with Crippen LogP contribution in [0.2, 0.25) is 36.3 Å². The molecule has 0 bridgehead atoms. The van der Waals surface area contributed by atoms with Gasteiger partial charge < -0.3 is 8.85 Å². The zero-order valence-corrected chi connectivity index (χ0v) is 33.8. The zero-order chi connectivity index (χ0) is 33.5. The first-order chi connectivity index (χ1) is 20.0. The Hall–Kier alpha value is -0.686. The molecule has 252 valence electrons. The summed E-state index contributed by atoms with van der Waals surface area (Å²) in [5.41, 5.74) is 4.64. The molecule has 0 aromatic heterocycles. The summed E-state index contributed by atoms with van der Waals surface area (Å²) in [6.07, 6.45) is 18.8. The molecule has 3 aliphatic carbocycles. The Kier molecular flexibility index (Phi) is 11.9. The molecule has 0 heterocycles. The van der Waals surface area contributed by atoms with Crippen molar-refractivity contribution >= 4 is 16.6 Å². The van der Waals surface area contributed by atoms with Gasteiger partial charge in [0.2, 0.25) is 0 Å². The molecule has 3 saturated carbocycles. The fraction of sp³-hybridized carbons (Fsp3) is 0.800. The van der Waals surface area contributed by atoms with Gasteiger partial charge in [-0.2, -0.15) is 0 Å². The molecule has 0 N–H and O–H groups in total. The second-order valence-corrected chi connectivity index (χ2v) is 28.2. The summed E-state index contributed by atoms with van der Waals surface area (Å²) in [6, 6.07) is 0. The van der Waals surface area contributed by atoms with Crippen LogP contribution < -0.4 is 0 Å². The van der Waals surface area contributed by atoms with Gasteiger partial charge in [0.05, 0.1) is 12.2 Å². The van der Waals surface area contributed by atoms with Crippen LogP contribution in [0.1, 0.15) is 121 Å². The average Bonchev–Trinajstić information content (AvgIpc) is 3.23. The maximum atomic E-state index is 7.09. The fourth-order valence-electron chi connectivity index (χ4n) is 7.62. The van der Waals surface area contributed by atoms with E-state index in [1.165, 1.54) is 43.3 Å². The standard InChI is InChI=1S/C40H72O2Si2/c1-28(2)29(3)19-20-30(4)35-23-24-36-32(18-17-25-40(35,36)12)21-22-33-26-34(41-43(13,14)38(6,7)8)27-37(31(33)5)42-44(15,16)39(9,10)11/h19-22,28-30,34-37H,5,17-18,23-27H2,1-4,6-16H3/b20-19+,32-21-,33-22+/t29?,30?,34?,35-,36?,37?,40-/m1/s1. The lowest BCUT2D eigenvalue weighted by molar-refractivity contribution is 0.0969. The quantitative estimate of drug-likeness (QED) is 0.184. The van der Waals surface area contributed by atoms with Crippen molar-refractivity contribution in [2.45, 2.75) is 170 Å². The number of allylic oxidation sites excluding steroid dienone is 5. The summed E-state index contributed by atoms with van der Waals surface area (Å²) in [4.78, 5) is 0. The maximum absolute atomic E-state index is 7.09. The highest BCUT2D eigenvalue weighted by Crippen LogP contribution is 2.59. The molecule has 44 heavy (non-hydrogen) atoms. The van der Waals surface area contributed by atoms with Crippen molar-refractivity contribution in [1.82, 2.24) is 0 Å². The summed E-state index contributed by atoms with van der Waals surface area (Å²) in [5, 5.41) is 0.352. The molecule has 3 aliphatic rings. The lowest BCUT2D eigenvalue weighted by Crippen LogP contribution is -2.49. The lowest BCUT2D eigenvalue weighted by Gasteiger charge is -2.45. The number of fused-ring (bicyclic) bond motifs is 1. The van der Waals surface area contributed by atoms with E-state index < -0.39 is 16.6 Å². The summed E-state index contributed by atoms with van der Waals surface area (Å²) in [6.45, 7) is 40.5. The van der Waals surface area contributed by atoms with Gasteiger partial charge in [-0.15, -0.1) is 0 Å². The topological polar surface area (TPSA) is 18.5 Å². The monoisotopic (exact) mass is 641 g/mol. The molecule has 5 unspecified atom stereocenters. The second-order valence-electron chi connectivity index (χ2n) is 18.7. The van der Waals surface area contributed by atoms with E-state index >= 15 is 0 Å². The molecule has 0 radical (unpaired) electrons. The van der Waals surface area contributed by atoms with Gasteiger partial charge in [-0.05, 0) is 121 Å². The third-order valence-corrected chi connectivity index (χ3v) is 22.2. The van der Waals surface area contributed by atoms with E-state index in [0.29, 0.717) is 29.1 Å². The highest BCUT2D eigenvalue weighted by atomic mass is 28.4. The summed E-state index contributed by atoms with van der Waals surface area (Å²) < 4.78 is 14.2. The second kappa shape index (κ2) is 13.8. The van der Waals surface area contributed by atoms with Gasteiger partial charge >= 0.3 is 0 Å². The highest BCUT2D eigenvalue weighted by Gasteiger charge is 2.50. The lowest BCUT2D eigenvalue weighted by atomic mass is 9.61. The van der Waals surface area contributed by atoms with Crippen LogP contribution in [0.5, 0.6) is 0 Å². The SMILES string of the molecule is C=C1/C(=C/C=C2/CCC[C@@]3(C)C2CC[C@@H]3C(C)/C=C/C(C)C(C)C)CC(O[Si](C)(C)C(C)(C)C)CC1O[Si](C)(C)C(C)(C)C. The first kappa shape index (κ1) is 37.8. The van der Waals surface area contributed by atoms with Crippen molar-refractivity contribution < 1.29 is 8.85 Å². The number of hydrogen-bond donors (Lipinski definition) is 0. The van der Waals surface area contributed by atoms with Gasteiger partial charge in [0.1, 0.15) is 0 Å². The Morgan fingerprint density at radius 3 is 2.02 bits per heavy atom. The molecular formula is C40H72O2Si2. The van der Waals surface area contributed by atoms with Gasteiger partial charge in [0, 0.05) is 6.42 Å². The van der Waals surface area contributed by atoms with Crippen LogP contribution in [-0.2, 0) is 8.85 Å². The molecule has 0 aromatic carbocycles. The van der Waals surface area contributed by atoms with Crippen molar-refractivity contribution in [2.24, 2.45) is 35.0 Å². The Balaban J connectivity index is 1.90. The number of rotatable bonds is 9. The van der Waals surface area contributed by atoms with E-state index in [1.54, 1.807) is 5.57 Å². The first-order valence-corrected chi connectivity index (χ1v) is 23.9. The summed E-state index contributed by atoms with van der Waals surface area (Å²) >= 11 is 0. The Bertz CT molecular complexity index is 1100. The molecule has 0 aromatic rings. The van der Waals surface area contributed by atoms with E-state index in [1.807, 2.05) is 0 Å². The van der Waals surface area contributed by atoms with E-state index in [0.717, 1.165) is 18.8 Å². The van der Waals surface area contributed by atoms with Crippen molar-refractivity contribution in [3.63, 3.8) is 0 Å². The minimum absolute atomic E-state index is 0.0393. The Morgan fingerprint density at radius 2 is 1.45 bits per heavy atom. The molecular weight excluding hydrogens is 569 g/mol. The predicted octanol–water partition coefficient (Wildman–Crippen LogP) is 12.7.